The van der Waals surface area contributed by atoms with E-state index in [2.05, 4.69) is 15.0 Å². The van der Waals surface area contributed by atoms with Gasteiger partial charge in [0, 0.05) is 24.6 Å². The van der Waals surface area contributed by atoms with Crippen LogP contribution in [0.15, 0.2) is 41.7 Å². The number of ether oxygens (including phenoxy) is 1. The lowest BCUT2D eigenvalue weighted by Crippen LogP contribution is -2.25. The van der Waals surface area contributed by atoms with Crippen LogP contribution in [0.4, 0.5) is 0 Å². The number of rotatable bonds is 2. The molecule has 7 heteroatoms. The van der Waals surface area contributed by atoms with Gasteiger partial charge >= 0.3 is 0 Å². The summed E-state index contributed by atoms with van der Waals surface area (Å²) in [5.74, 6) is 0. The second-order valence-corrected chi connectivity index (χ2v) is 5.79. The van der Waals surface area contributed by atoms with Gasteiger partial charge in [-0.25, -0.2) is 9.97 Å². The Morgan fingerprint density at radius 3 is 3.04 bits per heavy atom. The molecule has 3 aromatic heterocycles. The second kappa shape index (κ2) is 5.72. The van der Waals surface area contributed by atoms with Crippen molar-refractivity contribution >= 4 is 22.5 Å². The summed E-state index contributed by atoms with van der Waals surface area (Å²) in [4.78, 5) is 25.7. The molecule has 4 heterocycles. The molecule has 1 fully saturated rings. The van der Waals surface area contributed by atoms with Crippen molar-refractivity contribution in [3.05, 3.63) is 52.4 Å². The van der Waals surface area contributed by atoms with E-state index >= 15 is 0 Å². The molecule has 4 rings (SSSR count). The normalized spacial score (nSPS) is 17.7. The van der Waals surface area contributed by atoms with E-state index in [0.29, 0.717) is 29.8 Å². The van der Waals surface area contributed by atoms with E-state index < -0.39 is 0 Å². The van der Waals surface area contributed by atoms with Crippen molar-refractivity contribution in [2.75, 3.05) is 13.2 Å². The Hall–Kier alpha value is -2.31. The maximum absolute atomic E-state index is 12.8. The fourth-order valence-electron chi connectivity index (χ4n) is 2.82. The van der Waals surface area contributed by atoms with Crippen molar-refractivity contribution in [2.24, 2.45) is 0 Å². The van der Waals surface area contributed by atoms with Gasteiger partial charge in [0.25, 0.3) is 5.56 Å². The van der Waals surface area contributed by atoms with Gasteiger partial charge in [0.05, 0.1) is 24.4 Å². The molecule has 0 amide bonds. The molecule has 1 saturated heterocycles. The maximum atomic E-state index is 12.8. The average Bonchev–Trinajstić information content (AvgIpc) is 3.10. The number of pyridine rings is 2. The minimum absolute atomic E-state index is 0.0215. The molecule has 116 valence electrons. The van der Waals surface area contributed by atoms with Gasteiger partial charge in [-0.05, 0) is 24.6 Å². The lowest BCUT2D eigenvalue weighted by Gasteiger charge is -2.13. The highest BCUT2D eigenvalue weighted by Crippen LogP contribution is 2.26. The highest BCUT2D eigenvalue weighted by atomic mass is 35.5. The van der Waals surface area contributed by atoms with Crippen molar-refractivity contribution in [3.8, 4) is 11.3 Å². The van der Waals surface area contributed by atoms with Crippen molar-refractivity contribution < 1.29 is 4.74 Å². The SMILES string of the molecule is O=c1c2cc(Cl)nc(-c3cccnc3)c2ncn1[C@H]1CCOC1. The smallest absolute Gasteiger partial charge is 0.261 e. The van der Waals surface area contributed by atoms with E-state index in [1.54, 1.807) is 35.4 Å². The van der Waals surface area contributed by atoms with E-state index in [0.717, 1.165) is 12.0 Å². The fourth-order valence-corrected chi connectivity index (χ4v) is 3.01. The van der Waals surface area contributed by atoms with Crippen LogP contribution >= 0.6 is 11.6 Å². The largest absolute Gasteiger partial charge is 0.379 e. The standard InChI is InChI=1S/C16H13ClN4O2/c17-13-6-12-15(14(20-13)10-2-1-4-18-7-10)19-9-21(16(12)22)11-3-5-23-8-11/h1-2,4,6-7,9,11H,3,5,8H2/t11-/m0/s1. The van der Waals surface area contributed by atoms with Crippen molar-refractivity contribution in [1.29, 1.82) is 0 Å². The predicted octanol–water partition coefficient (Wildman–Crippen LogP) is 2.47. The van der Waals surface area contributed by atoms with Crippen molar-refractivity contribution in [3.63, 3.8) is 0 Å². The zero-order chi connectivity index (χ0) is 15.8. The van der Waals surface area contributed by atoms with E-state index in [9.17, 15) is 4.79 Å². The first-order valence-corrected chi connectivity index (χ1v) is 7.67. The Balaban J connectivity index is 1.96. The van der Waals surface area contributed by atoms with Gasteiger partial charge < -0.3 is 4.74 Å². The molecule has 0 N–H and O–H groups in total. The number of nitrogens with zero attached hydrogens (tertiary/aromatic N) is 4. The minimum Gasteiger partial charge on any atom is -0.379 e. The molecule has 1 atom stereocenters. The van der Waals surface area contributed by atoms with Crippen LogP contribution in [0.5, 0.6) is 0 Å². The number of halogens is 1. The van der Waals surface area contributed by atoms with Crippen molar-refractivity contribution in [1.82, 2.24) is 19.5 Å². The molecule has 0 aliphatic carbocycles. The zero-order valence-corrected chi connectivity index (χ0v) is 12.9. The third-order valence-corrected chi connectivity index (χ3v) is 4.17. The minimum atomic E-state index is -0.125. The Labute approximate surface area is 136 Å². The van der Waals surface area contributed by atoms with E-state index in [1.807, 2.05) is 6.07 Å². The Morgan fingerprint density at radius 2 is 2.30 bits per heavy atom. The molecule has 23 heavy (non-hydrogen) atoms. The third kappa shape index (κ3) is 2.50. The van der Waals surface area contributed by atoms with Gasteiger partial charge in [-0.3, -0.25) is 14.3 Å². The van der Waals surface area contributed by atoms with Crippen LogP contribution in [0.2, 0.25) is 5.15 Å². The molecule has 1 aliphatic rings. The summed E-state index contributed by atoms with van der Waals surface area (Å²) in [5.41, 5.74) is 1.74. The van der Waals surface area contributed by atoms with Crippen LogP contribution in [-0.2, 0) is 4.74 Å². The highest BCUT2D eigenvalue weighted by Gasteiger charge is 2.21. The quantitative estimate of drug-likeness (QED) is 0.676. The molecule has 0 bridgehead atoms. The molecule has 0 unspecified atom stereocenters. The summed E-state index contributed by atoms with van der Waals surface area (Å²) in [7, 11) is 0. The lowest BCUT2D eigenvalue weighted by molar-refractivity contribution is 0.186. The summed E-state index contributed by atoms with van der Waals surface area (Å²) in [6, 6.07) is 5.26. The van der Waals surface area contributed by atoms with E-state index in [4.69, 9.17) is 16.3 Å². The zero-order valence-electron chi connectivity index (χ0n) is 12.1. The number of aromatic nitrogens is 4. The van der Waals surface area contributed by atoms with Crippen LogP contribution in [0.1, 0.15) is 12.5 Å². The molecule has 0 aromatic carbocycles. The van der Waals surface area contributed by atoms with Gasteiger partial charge in [0.2, 0.25) is 0 Å². The first-order valence-electron chi connectivity index (χ1n) is 7.29. The number of hydrogen-bond acceptors (Lipinski definition) is 5. The lowest BCUT2D eigenvalue weighted by atomic mass is 10.1. The first-order chi connectivity index (χ1) is 11.2. The van der Waals surface area contributed by atoms with E-state index in [-0.39, 0.29) is 16.8 Å². The molecule has 6 nitrogen and oxygen atoms in total. The maximum Gasteiger partial charge on any atom is 0.261 e. The van der Waals surface area contributed by atoms with Crippen LogP contribution in [-0.4, -0.2) is 32.7 Å². The van der Waals surface area contributed by atoms with Gasteiger partial charge in [-0.2, -0.15) is 0 Å². The molecule has 3 aromatic rings. The Kier molecular flexibility index (Phi) is 3.55. The summed E-state index contributed by atoms with van der Waals surface area (Å²) >= 11 is 6.13. The van der Waals surface area contributed by atoms with Gasteiger partial charge in [-0.1, -0.05) is 11.6 Å². The van der Waals surface area contributed by atoms with Crippen molar-refractivity contribution in [2.45, 2.75) is 12.5 Å². The summed E-state index contributed by atoms with van der Waals surface area (Å²) in [6.07, 6.45) is 5.73. The number of hydrogen-bond donors (Lipinski definition) is 0. The molecular formula is C16H13ClN4O2. The Bertz CT molecular complexity index is 921. The third-order valence-electron chi connectivity index (χ3n) is 3.97. The monoisotopic (exact) mass is 328 g/mol. The first kappa shape index (κ1) is 14.3. The number of fused-ring (bicyclic) bond motifs is 1. The van der Waals surface area contributed by atoms with Crippen LogP contribution < -0.4 is 5.56 Å². The molecule has 0 radical (unpaired) electrons. The highest BCUT2D eigenvalue weighted by molar-refractivity contribution is 6.30. The van der Waals surface area contributed by atoms with Gasteiger partial charge in [-0.15, -0.1) is 0 Å². The fraction of sp³-hybridized carbons (Fsp3) is 0.250. The molecular weight excluding hydrogens is 316 g/mol. The average molecular weight is 329 g/mol. The van der Waals surface area contributed by atoms with E-state index in [1.165, 1.54) is 0 Å². The second-order valence-electron chi connectivity index (χ2n) is 5.41. The molecule has 1 aliphatic heterocycles. The Morgan fingerprint density at radius 1 is 1.39 bits per heavy atom. The predicted molar refractivity (Wildman–Crippen MR) is 86.5 cm³/mol. The van der Waals surface area contributed by atoms with Gasteiger partial charge in [0.1, 0.15) is 16.4 Å². The summed E-state index contributed by atoms with van der Waals surface area (Å²) in [5, 5.41) is 0.717. The van der Waals surface area contributed by atoms with Crippen LogP contribution in [0.25, 0.3) is 22.2 Å². The summed E-state index contributed by atoms with van der Waals surface area (Å²) in [6.45, 7) is 1.19. The summed E-state index contributed by atoms with van der Waals surface area (Å²) < 4.78 is 6.98. The molecule has 0 spiro atoms. The van der Waals surface area contributed by atoms with Gasteiger partial charge in [0.15, 0.2) is 0 Å². The topological polar surface area (TPSA) is 69.9 Å². The van der Waals surface area contributed by atoms with Crippen LogP contribution in [0, 0.1) is 0 Å². The van der Waals surface area contributed by atoms with Crippen LogP contribution in [0.3, 0.4) is 0 Å². The molecule has 0 saturated carbocycles.